The number of carbonyl (C=O) groups is 3. The van der Waals surface area contributed by atoms with Crippen molar-refractivity contribution in [3.8, 4) is 11.1 Å². The van der Waals surface area contributed by atoms with Gasteiger partial charge in [0.05, 0.1) is 6.54 Å². The molecule has 2 aromatic rings. The molecule has 2 aromatic carbocycles. The minimum Gasteiger partial charge on any atom is -0.481 e. The molecule has 0 saturated carbocycles. The summed E-state index contributed by atoms with van der Waals surface area (Å²) >= 11 is 0. The van der Waals surface area contributed by atoms with Crippen LogP contribution in [0.5, 0.6) is 0 Å². The van der Waals surface area contributed by atoms with Gasteiger partial charge >= 0.3 is 5.97 Å². The van der Waals surface area contributed by atoms with E-state index in [2.05, 4.69) is 0 Å². The quantitative estimate of drug-likeness (QED) is 0.910. The van der Waals surface area contributed by atoms with Crippen molar-refractivity contribution in [3.63, 3.8) is 0 Å². The Balaban J connectivity index is 1.75. The molecule has 1 amide bonds. The van der Waals surface area contributed by atoms with Crippen molar-refractivity contribution < 1.29 is 19.5 Å². The van der Waals surface area contributed by atoms with Crippen LogP contribution in [0.4, 0.5) is 0 Å². The highest BCUT2D eigenvalue weighted by molar-refractivity contribution is 5.99. The molecule has 0 bridgehead atoms. The van der Waals surface area contributed by atoms with Gasteiger partial charge in [-0.1, -0.05) is 42.5 Å². The number of ketones is 1. The maximum Gasteiger partial charge on any atom is 0.303 e. The summed E-state index contributed by atoms with van der Waals surface area (Å²) in [6, 6.07) is 16.8. The Morgan fingerprint density at radius 2 is 1.64 bits per heavy atom. The zero-order chi connectivity index (χ0) is 17.8. The molecule has 0 radical (unpaired) electrons. The summed E-state index contributed by atoms with van der Waals surface area (Å²) in [5.74, 6) is -1.16. The molecule has 1 saturated heterocycles. The molecule has 3 rings (SSSR count). The van der Waals surface area contributed by atoms with Crippen LogP contribution < -0.4 is 0 Å². The molecular weight excluding hydrogens is 318 g/mol. The van der Waals surface area contributed by atoms with Gasteiger partial charge in [-0.25, -0.2) is 0 Å². The van der Waals surface area contributed by atoms with Crippen LogP contribution >= 0.6 is 0 Å². The summed E-state index contributed by atoms with van der Waals surface area (Å²) in [6.45, 7) is 0.0591. The number of hydrogen-bond acceptors (Lipinski definition) is 3. The third kappa shape index (κ3) is 3.94. The number of rotatable bonds is 5. The summed E-state index contributed by atoms with van der Waals surface area (Å²) in [4.78, 5) is 36.7. The van der Waals surface area contributed by atoms with Crippen LogP contribution in [0.2, 0.25) is 0 Å². The van der Waals surface area contributed by atoms with Crippen LogP contribution in [0.3, 0.4) is 0 Å². The van der Waals surface area contributed by atoms with Gasteiger partial charge in [0.2, 0.25) is 0 Å². The zero-order valence-electron chi connectivity index (χ0n) is 13.7. The van der Waals surface area contributed by atoms with E-state index in [0.29, 0.717) is 12.0 Å². The number of likely N-dealkylation sites (tertiary alicyclic amines) is 1. The molecule has 5 nitrogen and oxygen atoms in total. The third-order valence-electron chi connectivity index (χ3n) is 4.44. The van der Waals surface area contributed by atoms with Gasteiger partial charge in [-0.2, -0.15) is 0 Å². The van der Waals surface area contributed by atoms with Gasteiger partial charge < -0.3 is 10.0 Å². The SMILES string of the molecule is O=C(O)CCC1CC(=O)CN1C(=O)c1ccc(-c2ccccc2)cc1. The van der Waals surface area contributed by atoms with Crippen molar-refractivity contribution in [2.24, 2.45) is 0 Å². The molecule has 25 heavy (non-hydrogen) atoms. The number of carboxylic acids is 1. The molecule has 1 aliphatic heterocycles. The van der Waals surface area contributed by atoms with E-state index in [1.165, 1.54) is 4.90 Å². The number of Topliss-reactive ketones (excluding diaryl/α,β-unsaturated/α-hetero) is 1. The van der Waals surface area contributed by atoms with Crippen molar-refractivity contribution in [1.82, 2.24) is 4.90 Å². The van der Waals surface area contributed by atoms with Crippen LogP contribution in [0.15, 0.2) is 54.6 Å². The monoisotopic (exact) mass is 337 g/mol. The minimum atomic E-state index is -0.918. The first-order chi connectivity index (χ1) is 12.0. The fourth-order valence-corrected chi connectivity index (χ4v) is 3.14. The van der Waals surface area contributed by atoms with Gasteiger partial charge in [0.15, 0.2) is 5.78 Å². The maximum atomic E-state index is 12.7. The number of amides is 1. The van der Waals surface area contributed by atoms with E-state index >= 15 is 0 Å². The topological polar surface area (TPSA) is 74.7 Å². The molecule has 0 aliphatic carbocycles. The minimum absolute atomic E-state index is 0.0235. The first kappa shape index (κ1) is 16.9. The number of hydrogen-bond donors (Lipinski definition) is 1. The largest absolute Gasteiger partial charge is 0.481 e. The third-order valence-corrected chi connectivity index (χ3v) is 4.44. The summed E-state index contributed by atoms with van der Waals surface area (Å²) < 4.78 is 0. The van der Waals surface area contributed by atoms with Gasteiger partial charge in [0.25, 0.3) is 5.91 Å². The molecule has 128 valence electrons. The van der Waals surface area contributed by atoms with Gasteiger partial charge in [-0.15, -0.1) is 0 Å². The Morgan fingerprint density at radius 3 is 2.28 bits per heavy atom. The fourth-order valence-electron chi connectivity index (χ4n) is 3.14. The Bertz CT molecular complexity index is 783. The van der Waals surface area contributed by atoms with Gasteiger partial charge in [0, 0.05) is 24.4 Å². The average molecular weight is 337 g/mol. The molecule has 1 heterocycles. The van der Waals surface area contributed by atoms with E-state index in [4.69, 9.17) is 5.11 Å². The van der Waals surface area contributed by atoms with Crippen LogP contribution in [0.25, 0.3) is 11.1 Å². The number of carbonyl (C=O) groups excluding carboxylic acids is 2. The smallest absolute Gasteiger partial charge is 0.303 e. The molecule has 1 fully saturated rings. The number of carboxylic acid groups (broad SMARTS) is 1. The van der Waals surface area contributed by atoms with Crippen LogP contribution in [-0.2, 0) is 9.59 Å². The summed E-state index contributed by atoms with van der Waals surface area (Å²) in [6.07, 6.45) is 0.491. The lowest BCUT2D eigenvalue weighted by Crippen LogP contribution is -2.36. The van der Waals surface area contributed by atoms with E-state index in [-0.39, 0.29) is 37.1 Å². The molecule has 1 N–H and O–H groups in total. The summed E-state index contributed by atoms with van der Waals surface area (Å²) in [5, 5.41) is 8.83. The van der Waals surface area contributed by atoms with Crippen molar-refractivity contribution in [2.75, 3.05) is 6.54 Å². The lowest BCUT2D eigenvalue weighted by Gasteiger charge is -2.23. The number of nitrogens with zero attached hydrogens (tertiary/aromatic N) is 1. The predicted octanol–water partition coefficient (Wildman–Crippen LogP) is 3.00. The molecule has 0 aromatic heterocycles. The molecule has 1 aliphatic rings. The lowest BCUT2D eigenvalue weighted by atomic mass is 10.0. The molecule has 1 atom stereocenters. The van der Waals surface area contributed by atoms with E-state index < -0.39 is 5.97 Å². The Labute approximate surface area is 145 Å². The number of aliphatic carboxylic acids is 1. The lowest BCUT2D eigenvalue weighted by molar-refractivity contribution is -0.137. The van der Waals surface area contributed by atoms with E-state index in [1.807, 2.05) is 42.5 Å². The second kappa shape index (κ2) is 7.30. The van der Waals surface area contributed by atoms with E-state index in [9.17, 15) is 14.4 Å². The van der Waals surface area contributed by atoms with E-state index in [1.54, 1.807) is 12.1 Å². The highest BCUT2D eigenvalue weighted by Gasteiger charge is 2.34. The van der Waals surface area contributed by atoms with Crippen molar-refractivity contribution in [2.45, 2.75) is 25.3 Å². The Morgan fingerprint density at radius 1 is 1.00 bits per heavy atom. The van der Waals surface area contributed by atoms with E-state index in [0.717, 1.165) is 11.1 Å². The fraction of sp³-hybridized carbons (Fsp3) is 0.250. The first-order valence-electron chi connectivity index (χ1n) is 8.24. The maximum absolute atomic E-state index is 12.7. The summed E-state index contributed by atoms with van der Waals surface area (Å²) in [5.41, 5.74) is 2.59. The summed E-state index contributed by atoms with van der Waals surface area (Å²) in [7, 11) is 0. The van der Waals surface area contributed by atoms with Crippen molar-refractivity contribution >= 4 is 17.7 Å². The Hall–Kier alpha value is -2.95. The zero-order valence-corrected chi connectivity index (χ0v) is 13.7. The van der Waals surface area contributed by atoms with Crippen LogP contribution in [0, 0.1) is 0 Å². The van der Waals surface area contributed by atoms with Gasteiger partial charge in [-0.05, 0) is 29.7 Å². The highest BCUT2D eigenvalue weighted by atomic mass is 16.4. The molecule has 1 unspecified atom stereocenters. The Kier molecular flexibility index (Phi) is 4.93. The van der Waals surface area contributed by atoms with Crippen LogP contribution in [0.1, 0.15) is 29.6 Å². The highest BCUT2D eigenvalue weighted by Crippen LogP contribution is 2.24. The van der Waals surface area contributed by atoms with Crippen LogP contribution in [-0.4, -0.2) is 40.3 Å². The van der Waals surface area contributed by atoms with Gasteiger partial charge in [-0.3, -0.25) is 14.4 Å². The molecule has 0 spiro atoms. The first-order valence-corrected chi connectivity index (χ1v) is 8.24. The predicted molar refractivity (Wildman–Crippen MR) is 93.2 cm³/mol. The molecular formula is C20H19NO4. The average Bonchev–Trinajstić information content (AvgIpc) is 3.01. The second-order valence-corrected chi connectivity index (χ2v) is 6.21. The van der Waals surface area contributed by atoms with Crippen molar-refractivity contribution in [3.05, 3.63) is 60.2 Å². The van der Waals surface area contributed by atoms with Crippen molar-refractivity contribution in [1.29, 1.82) is 0 Å². The second-order valence-electron chi connectivity index (χ2n) is 6.21. The normalized spacial score (nSPS) is 16.9. The molecule has 5 heteroatoms. The van der Waals surface area contributed by atoms with Gasteiger partial charge in [0.1, 0.15) is 0 Å². The number of benzene rings is 2. The standard InChI is InChI=1S/C20H19NO4/c22-18-12-17(10-11-19(23)24)21(13-18)20(25)16-8-6-15(7-9-16)14-4-2-1-3-5-14/h1-9,17H,10-13H2,(H,23,24).